The lowest BCUT2D eigenvalue weighted by Gasteiger charge is -2.17. The van der Waals surface area contributed by atoms with Crippen molar-refractivity contribution in [2.24, 2.45) is 0 Å². The van der Waals surface area contributed by atoms with Crippen molar-refractivity contribution in [3.05, 3.63) is 49.8 Å². The molecule has 0 fully saturated rings. The fraction of sp³-hybridized carbons (Fsp3) is 0.294. The van der Waals surface area contributed by atoms with Crippen molar-refractivity contribution >= 4 is 38.8 Å². The van der Waals surface area contributed by atoms with Gasteiger partial charge in [0.2, 0.25) is 0 Å². The van der Waals surface area contributed by atoms with E-state index >= 15 is 0 Å². The van der Waals surface area contributed by atoms with Gasteiger partial charge in [-0.2, -0.15) is 0 Å². The van der Waals surface area contributed by atoms with E-state index in [1.54, 1.807) is 25.3 Å². The molecule has 0 spiro atoms. The summed E-state index contributed by atoms with van der Waals surface area (Å²) in [5, 5.41) is 4.57. The van der Waals surface area contributed by atoms with E-state index in [0.29, 0.717) is 22.0 Å². The first kappa shape index (κ1) is 16.8. The molecule has 3 rings (SSSR count). The number of benzene rings is 1. The number of aromatic nitrogens is 2. The number of nitrogens with one attached hydrogen (secondary N) is 2. The highest BCUT2D eigenvalue weighted by atomic mass is 35.5. The van der Waals surface area contributed by atoms with Gasteiger partial charge in [-0.1, -0.05) is 11.6 Å². The van der Waals surface area contributed by atoms with Crippen LogP contribution in [0.3, 0.4) is 0 Å². The van der Waals surface area contributed by atoms with Gasteiger partial charge >= 0.3 is 0 Å². The van der Waals surface area contributed by atoms with Gasteiger partial charge in [0.25, 0.3) is 5.56 Å². The number of ether oxygens (including phenoxy) is 1. The molecule has 24 heavy (non-hydrogen) atoms. The molecule has 3 aromatic rings. The van der Waals surface area contributed by atoms with E-state index < -0.39 is 0 Å². The van der Waals surface area contributed by atoms with Crippen LogP contribution in [0.5, 0.6) is 5.75 Å². The summed E-state index contributed by atoms with van der Waals surface area (Å²) in [6, 6.07) is 5.13. The van der Waals surface area contributed by atoms with Crippen LogP contribution in [0.4, 0.5) is 5.69 Å². The first-order chi connectivity index (χ1) is 11.4. The molecule has 0 aliphatic carbocycles. The molecule has 0 saturated carbocycles. The van der Waals surface area contributed by atoms with E-state index in [9.17, 15) is 4.79 Å². The number of fused-ring (bicyclic) bond motifs is 1. The predicted molar refractivity (Wildman–Crippen MR) is 99.8 cm³/mol. The van der Waals surface area contributed by atoms with Gasteiger partial charge in [-0.3, -0.25) is 4.79 Å². The fourth-order valence-electron chi connectivity index (χ4n) is 2.57. The Morgan fingerprint density at radius 3 is 2.83 bits per heavy atom. The second-order valence-electron chi connectivity index (χ2n) is 5.63. The van der Waals surface area contributed by atoms with Gasteiger partial charge in [0, 0.05) is 9.90 Å². The van der Waals surface area contributed by atoms with E-state index in [4.69, 9.17) is 16.3 Å². The summed E-state index contributed by atoms with van der Waals surface area (Å²) in [6.07, 6.45) is 0. The maximum atomic E-state index is 12.4. The third kappa shape index (κ3) is 2.99. The van der Waals surface area contributed by atoms with Crippen molar-refractivity contribution in [3.63, 3.8) is 0 Å². The molecule has 0 bridgehead atoms. The number of hydrogen-bond acceptors (Lipinski definition) is 5. The Morgan fingerprint density at radius 2 is 2.12 bits per heavy atom. The zero-order chi connectivity index (χ0) is 17.4. The molecule has 0 saturated heterocycles. The molecular weight excluding hydrogens is 346 g/mol. The smallest absolute Gasteiger partial charge is 0.259 e. The molecule has 2 aromatic heterocycles. The Morgan fingerprint density at radius 1 is 1.38 bits per heavy atom. The van der Waals surface area contributed by atoms with Gasteiger partial charge in [0.1, 0.15) is 16.4 Å². The lowest BCUT2D eigenvalue weighted by molar-refractivity contribution is 0.416. The maximum absolute atomic E-state index is 12.4. The average Bonchev–Trinajstić information content (AvgIpc) is 2.82. The average molecular weight is 364 g/mol. The molecule has 5 nitrogen and oxygen atoms in total. The second-order valence-corrected chi connectivity index (χ2v) is 7.26. The minimum absolute atomic E-state index is 0.108. The van der Waals surface area contributed by atoms with Crippen molar-refractivity contribution in [2.45, 2.75) is 26.8 Å². The summed E-state index contributed by atoms with van der Waals surface area (Å²) in [6.45, 7) is 5.88. The third-order valence-corrected chi connectivity index (χ3v) is 5.34. The highest BCUT2D eigenvalue weighted by molar-refractivity contribution is 7.18. The van der Waals surface area contributed by atoms with Crippen LogP contribution in [0.15, 0.2) is 23.0 Å². The normalized spacial score (nSPS) is 12.4. The van der Waals surface area contributed by atoms with E-state index in [2.05, 4.69) is 15.3 Å². The van der Waals surface area contributed by atoms with Crippen molar-refractivity contribution in [2.75, 3.05) is 12.4 Å². The molecule has 1 aromatic carbocycles. The molecule has 0 aliphatic rings. The van der Waals surface area contributed by atoms with Crippen LogP contribution in [0.2, 0.25) is 5.02 Å². The predicted octanol–water partition coefficient (Wildman–Crippen LogP) is 4.44. The fourth-order valence-corrected chi connectivity index (χ4v) is 3.78. The van der Waals surface area contributed by atoms with Gasteiger partial charge in [-0.05, 0) is 44.5 Å². The summed E-state index contributed by atoms with van der Waals surface area (Å²) >= 11 is 7.60. The molecule has 7 heteroatoms. The van der Waals surface area contributed by atoms with Crippen LogP contribution < -0.4 is 15.6 Å². The Bertz CT molecular complexity index is 964. The standard InChI is InChI=1S/C17H18ClN3O2S/c1-8-10(3)24-17-14(8)16(22)20-15(21-17)9(2)19-12-7-11(18)5-6-13(12)23-4/h5-7,9,19H,1-4H3,(H,20,21,22)/t9-/m1/s1. The van der Waals surface area contributed by atoms with E-state index in [1.807, 2.05) is 20.8 Å². The summed E-state index contributed by atoms with van der Waals surface area (Å²) < 4.78 is 5.34. The highest BCUT2D eigenvalue weighted by Gasteiger charge is 2.16. The number of methoxy groups -OCH3 is 1. The van der Waals surface area contributed by atoms with Crippen LogP contribution in [0.1, 0.15) is 29.2 Å². The lowest BCUT2D eigenvalue weighted by atomic mass is 10.2. The monoisotopic (exact) mass is 363 g/mol. The van der Waals surface area contributed by atoms with Gasteiger partial charge < -0.3 is 15.0 Å². The summed E-state index contributed by atoms with van der Waals surface area (Å²) in [5.74, 6) is 1.26. The number of nitrogens with zero attached hydrogens (tertiary/aromatic N) is 1. The Hall–Kier alpha value is -2.05. The van der Waals surface area contributed by atoms with Crippen LogP contribution in [0, 0.1) is 13.8 Å². The van der Waals surface area contributed by atoms with Gasteiger partial charge in [-0.25, -0.2) is 4.98 Å². The number of anilines is 1. The SMILES string of the molecule is COc1ccc(Cl)cc1N[C@H](C)c1nc2sc(C)c(C)c2c(=O)[nH]1. The van der Waals surface area contributed by atoms with E-state index in [-0.39, 0.29) is 11.6 Å². The number of H-pyrrole nitrogens is 1. The van der Waals surface area contributed by atoms with Crippen molar-refractivity contribution in [3.8, 4) is 5.75 Å². The minimum Gasteiger partial charge on any atom is -0.495 e. The molecule has 0 unspecified atom stereocenters. The zero-order valence-corrected chi connectivity index (χ0v) is 15.4. The summed E-state index contributed by atoms with van der Waals surface area (Å²) in [4.78, 5) is 21.8. The summed E-state index contributed by atoms with van der Waals surface area (Å²) in [7, 11) is 1.60. The van der Waals surface area contributed by atoms with Crippen molar-refractivity contribution in [1.82, 2.24) is 9.97 Å². The second kappa shape index (κ2) is 6.45. The van der Waals surface area contributed by atoms with E-state index in [0.717, 1.165) is 21.0 Å². The molecule has 2 N–H and O–H groups in total. The molecule has 0 aliphatic heterocycles. The Labute approximate surface area is 148 Å². The van der Waals surface area contributed by atoms with Crippen LogP contribution in [-0.4, -0.2) is 17.1 Å². The van der Waals surface area contributed by atoms with Crippen LogP contribution >= 0.6 is 22.9 Å². The molecule has 2 heterocycles. The molecule has 0 amide bonds. The number of hydrogen-bond donors (Lipinski definition) is 2. The van der Waals surface area contributed by atoms with Gasteiger partial charge in [0.15, 0.2) is 0 Å². The molecule has 0 radical (unpaired) electrons. The van der Waals surface area contributed by atoms with Crippen molar-refractivity contribution in [1.29, 1.82) is 0 Å². The molecular formula is C17H18ClN3O2S. The Kier molecular flexibility index (Phi) is 4.51. The third-order valence-electron chi connectivity index (χ3n) is 4.00. The molecule has 1 atom stereocenters. The summed E-state index contributed by atoms with van der Waals surface area (Å²) in [5.41, 5.74) is 1.63. The number of aryl methyl sites for hydroxylation is 2. The van der Waals surface area contributed by atoms with Crippen LogP contribution in [-0.2, 0) is 0 Å². The minimum atomic E-state index is -0.211. The van der Waals surface area contributed by atoms with Crippen LogP contribution in [0.25, 0.3) is 10.2 Å². The van der Waals surface area contributed by atoms with Crippen molar-refractivity contribution < 1.29 is 4.74 Å². The lowest BCUT2D eigenvalue weighted by Crippen LogP contribution is -2.17. The van der Waals surface area contributed by atoms with Gasteiger partial charge in [0.05, 0.1) is 24.2 Å². The first-order valence-electron chi connectivity index (χ1n) is 7.50. The maximum Gasteiger partial charge on any atom is 0.259 e. The highest BCUT2D eigenvalue weighted by Crippen LogP contribution is 2.31. The first-order valence-corrected chi connectivity index (χ1v) is 8.70. The van der Waals surface area contributed by atoms with Gasteiger partial charge in [-0.15, -0.1) is 11.3 Å². The van der Waals surface area contributed by atoms with E-state index in [1.165, 1.54) is 11.3 Å². The number of thiophene rings is 1. The number of halogens is 1. The Balaban J connectivity index is 1.99. The largest absolute Gasteiger partial charge is 0.495 e. The quantitative estimate of drug-likeness (QED) is 0.719. The zero-order valence-electron chi connectivity index (χ0n) is 13.9. The topological polar surface area (TPSA) is 67.0 Å². The number of aromatic amines is 1. The molecule has 126 valence electrons. The number of rotatable bonds is 4.